The lowest BCUT2D eigenvalue weighted by Gasteiger charge is -2.36. The molecular weight excluding hydrogens is 368 g/mol. The number of ether oxygens (including phenoxy) is 1. The molecule has 29 heavy (non-hydrogen) atoms. The van der Waals surface area contributed by atoms with E-state index in [9.17, 15) is 14.4 Å². The normalized spacial score (nSPS) is 10.9. The van der Waals surface area contributed by atoms with Crippen LogP contribution in [0.4, 0.5) is 5.69 Å². The van der Waals surface area contributed by atoms with Gasteiger partial charge in [-0.05, 0) is 51.5 Å². The van der Waals surface area contributed by atoms with Crippen LogP contribution in [0.2, 0.25) is 0 Å². The summed E-state index contributed by atoms with van der Waals surface area (Å²) in [6.45, 7) is 8.97. The van der Waals surface area contributed by atoms with E-state index in [2.05, 4.69) is 5.32 Å². The molecule has 2 rings (SSSR count). The molecular formula is C23H28N2O4. The van der Waals surface area contributed by atoms with Gasteiger partial charge in [0.15, 0.2) is 12.4 Å². The van der Waals surface area contributed by atoms with Gasteiger partial charge in [-0.15, -0.1) is 0 Å². The minimum atomic E-state index is -0.405. The molecule has 6 heteroatoms. The zero-order chi connectivity index (χ0) is 21.6. The van der Waals surface area contributed by atoms with Crippen LogP contribution < -0.4 is 10.1 Å². The fourth-order valence-electron chi connectivity index (χ4n) is 2.84. The maximum atomic E-state index is 13.0. The van der Waals surface area contributed by atoms with E-state index in [0.29, 0.717) is 17.8 Å². The summed E-state index contributed by atoms with van der Waals surface area (Å²) in [6.07, 6.45) is 0. The Morgan fingerprint density at radius 1 is 1.00 bits per heavy atom. The third kappa shape index (κ3) is 6.45. The molecule has 0 aromatic heterocycles. The van der Waals surface area contributed by atoms with E-state index in [0.717, 1.165) is 5.56 Å². The first-order valence-electron chi connectivity index (χ1n) is 9.47. The number of carbonyl (C=O) groups is 3. The van der Waals surface area contributed by atoms with Crippen LogP contribution in [0, 0.1) is 0 Å². The predicted molar refractivity (Wildman–Crippen MR) is 113 cm³/mol. The Balaban J connectivity index is 2.21. The second-order valence-corrected chi connectivity index (χ2v) is 7.87. The molecule has 0 heterocycles. The number of anilines is 1. The van der Waals surface area contributed by atoms with E-state index in [-0.39, 0.29) is 30.0 Å². The van der Waals surface area contributed by atoms with Crippen molar-refractivity contribution < 1.29 is 19.1 Å². The van der Waals surface area contributed by atoms with Crippen LogP contribution in [-0.4, -0.2) is 34.6 Å². The molecule has 0 saturated heterocycles. The van der Waals surface area contributed by atoms with Crippen molar-refractivity contribution in [1.29, 1.82) is 0 Å². The minimum absolute atomic E-state index is 0.129. The van der Waals surface area contributed by atoms with Gasteiger partial charge in [0, 0.05) is 24.6 Å². The summed E-state index contributed by atoms with van der Waals surface area (Å²) in [7, 11) is 0. The number of rotatable bonds is 7. The molecule has 2 aromatic carbocycles. The van der Waals surface area contributed by atoms with Gasteiger partial charge in [-0.2, -0.15) is 0 Å². The maximum Gasteiger partial charge on any atom is 0.261 e. The summed E-state index contributed by atoms with van der Waals surface area (Å²) in [5.41, 5.74) is 1.48. The SMILES string of the molecule is CC(=O)Nc1ccc(C(C)=O)cc1OCC(=O)N(Cc1ccccc1)C(C)(C)C. The highest BCUT2D eigenvalue weighted by atomic mass is 16.5. The van der Waals surface area contributed by atoms with Crippen LogP contribution in [0.3, 0.4) is 0 Å². The molecule has 0 unspecified atom stereocenters. The first-order valence-corrected chi connectivity index (χ1v) is 9.47. The van der Waals surface area contributed by atoms with Crippen LogP contribution in [0.25, 0.3) is 0 Å². The number of nitrogens with one attached hydrogen (secondary N) is 1. The number of nitrogens with zero attached hydrogens (tertiary/aromatic N) is 1. The van der Waals surface area contributed by atoms with Gasteiger partial charge in [0.1, 0.15) is 5.75 Å². The zero-order valence-corrected chi connectivity index (χ0v) is 17.6. The molecule has 0 fully saturated rings. The monoisotopic (exact) mass is 396 g/mol. The quantitative estimate of drug-likeness (QED) is 0.716. The third-order valence-corrected chi connectivity index (χ3v) is 4.34. The fraction of sp³-hybridized carbons (Fsp3) is 0.348. The molecule has 2 aromatic rings. The van der Waals surface area contributed by atoms with Crippen LogP contribution >= 0.6 is 0 Å². The highest BCUT2D eigenvalue weighted by Gasteiger charge is 2.27. The van der Waals surface area contributed by atoms with E-state index in [1.54, 1.807) is 23.1 Å². The Labute approximate surface area is 171 Å². The average Bonchev–Trinajstić information content (AvgIpc) is 2.64. The van der Waals surface area contributed by atoms with Crippen LogP contribution in [0.1, 0.15) is 50.5 Å². The van der Waals surface area contributed by atoms with Crippen molar-refractivity contribution in [3.63, 3.8) is 0 Å². The lowest BCUT2D eigenvalue weighted by molar-refractivity contribution is -0.139. The standard InChI is InChI=1S/C23H28N2O4/c1-16(26)19-11-12-20(24-17(2)27)21(13-19)29-15-22(28)25(23(3,4)5)14-18-9-7-6-8-10-18/h6-13H,14-15H2,1-5H3,(H,24,27). The summed E-state index contributed by atoms with van der Waals surface area (Å²) < 4.78 is 5.75. The first-order chi connectivity index (χ1) is 13.6. The van der Waals surface area contributed by atoms with Gasteiger partial charge in [0.05, 0.1) is 5.69 Å². The van der Waals surface area contributed by atoms with Gasteiger partial charge in [-0.25, -0.2) is 0 Å². The van der Waals surface area contributed by atoms with Crippen molar-refractivity contribution >= 4 is 23.3 Å². The Morgan fingerprint density at radius 2 is 1.66 bits per heavy atom. The van der Waals surface area contributed by atoms with Gasteiger partial charge in [-0.1, -0.05) is 30.3 Å². The molecule has 2 amide bonds. The summed E-state index contributed by atoms with van der Waals surface area (Å²) in [4.78, 5) is 37.9. The molecule has 0 atom stereocenters. The minimum Gasteiger partial charge on any atom is -0.482 e. The van der Waals surface area contributed by atoms with Gasteiger partial charge in [0.25, 0.3) is 5.91 Å². The molecule has 6 nitrogen and oxygen atoms in total. The molecule has 0 aliphatic heterocycles. The molecule has 1 N–H and O–H groups in total. The molecule has 0 saturated carbocycles. The topological polar surface area (TPSA) is 75.7 Å². The number of benzene rings is 2. The Morgan fingerprint density at radius 3 is 2.21 bits per heavy atom. The second-order valence-electron chi connectivity index (χ2n) is 7.87. The molecule has 0 bridgehead atoms. The fourth-order valence-corrected chi connectivity index (χ4v) is 2.84. The highest BCUT2D eigenvalue weighted by molar-refractivity contribution is 5.96. The largest absolute Gasteiger partial charge is 0.482 e. The Bertz CT molecular complexity index is 885. The lowest BCUT2D eigenvalue weighted by atomic mass is 10.0. The average molecular weight is 396 g/mol. The van der Waals surface area contributed by atoms with E-state index >= 15 is 0 Å². The van der Waals surface area contributed by atoms with Crippen molar-refractivity contribution in [2.75, 3.05) is 11.9 Å². The van der Waals surface area contributed by atoms with E-state index < -0.39 is 5.54 Å². The Kier molecular flexibility index (Phi) is 7.15. The van der Waals surface area contributed by atoms with Crippen LogP contribution in [0.15, 0.2) is 48.5 Å². The van der Waals surface area contributed by atoms with Crippen LogP contribution in [-0.2, 0) is 16.1 Å². The molecule has 0 radical (unpaired) electrons. The van der Waals surface area contributed by atoms with Gasteiger partial charge in [0.2, 0.25) is 5.91 Å². The number of amides is 2. The molecule has 0 spiro atoms. The second kappa shape index (κ2) is 9.37. The zero-order valence-electron chi connectivity index (χ0n) is 17.6. The highest BCUT2D eigenvalue weighted by Crippen LogP contribution is 2.27. The summed E-state index contributed by atoms with van der Waals surface area (Å²) in [5.74, 6) is -0.300. The summed E-state index contributed by atoms with van der Waals surface area (Å²) in [6, 6.07) is 14.5. The smallest absolute Gasteiger partial charge is 0.261 e. The maximum absolute atomic E-state index is 13.0. The summed E-state index contributed by atoms with van der Waals surface area (Å²) >= 11 is 0. The predicted octanol–water partition coefficient (Wildman–Crippen LogP) is 4.05. The van der Waals surface area contributed by atoms with Crippen molar-refractivity contribution in [2.45, 2.75) is 46.7 Å². The van der Waals surface area contributed by atoms with E-state index in [1.165, 1.54) is 13.8 Å². The van der Waals surface area contributed by atoms with Crippen molar-refractivity contribution in [1.82, 2.24) is 4.90 Å². The molecule has 0 aliphatic rings. The van der Waals surface area contributed by atoms with Crippen LogP contribution in [0.5, 0.6) is 5.75 Å². The van der Waals surface area contributed by atoms with E-state index in [1.807, 2.05) is 51.1 Å². The number of hydrogen-bond donors (Lipinski definition) is 1. The summed E-state index contributed by atoms with van der Waals surface area (Å²) in [5, 5.41) is 2.66. The van der Waals surface area contributed by atoms with Crippen molar-refractivity contribution in [3.8, 4) is 5.75 Å². The first kappa shape index (κ1) is 22.1. The van der Waals surface area contributed by atoms with Crippen molar-refractivity contribution in [2.24, 2.45) is 0 Å². The number of hydrogen-bond acceptors (Lipinski definition) is 4. The number of carbonyl (C=O) groups excluding carboxylic acids is 3. The Hall–Kier alpha value is -3.15. The van der Waals surface area contributed by atoms with Gasteiger partial charge in [-0.3, -0.25) is 14.4 Å². The van der Waals surface area contributed by atoms with Crippen molar-refractivity contribution in [3.05, 3.63) is 59.7 Å². The number of Topliss-reactive ketones (excluding diaryl/α,β-unsaturated/α-hetero) is 1. The molecule has 154 valence electrons. The van der Waals surface area contributed by atoms with Gasteiger partial charge < -0.3 is 15.0 Å². The lowest BCUT2D eigenvalue weighted by Crippen LogP contribution is -2.47. The van der Waals surface area contributed by atoms with E-state index in [4.69, 9.17) is 4.74 Å². The van der Waals surface area contributed by atoms with Gasteiger partial charge >= 0.3 is 0 Å². The third-order valence-electron chi connectivity index (χ3n) is 4.34. The number of ketones is 1. The molecule has 0 aliphatic carbocycles.